The molecule has 94 valence electrons. The zero-order valence-corrected chi connectivity index (χ0v) is 11.1. The van der Waals surface area contributed by atoms with E-state index in [0.717, 1.165) is 18.3 Å². The van der Waals surface area contributed by atoms with E-state index >= 15 is 0 Å². The summed E-state index contributed by atoms with van der Waals surface area (Å²) < 4.78 is 0. The van der Waals surface area contributed by atoms with Gasteiger partial charge in [0.25, 0.3) is 0 Å². The van der Waals surface area contributed by atoms with Crippen LogP contribution in [0.1, 0.15) is 44.9 Å². The molecule has 0 amide bonds. The molecular weight excluding hydrogens is 218 g/mol. The summed E-state index contributed by atoms with van der Waals surface area (Å²) in [5.74, 6) is 1.02. The fourth-order valence-electron chi connectivity index (χ4n) is 2.94. The molecule has 0 aromatic carbocycles. The normalized spacial score (nSPS) is 24.9. The minimum Gasteiger partial charge on any atom is -0.395 e. The van der Waals surface area contributed by atoms with Gasteiger partial charge in [-0.3, -0.25) is 4.90 Å². The van der Waals surface area contributed by atoms with E-state index < -0.39 is 0 Å². The highest BCUT2D eigenvalue weighted by Gasteiger charge is 2.43. The summed E-state index contributed by atoms with van der Waals surface area (Å²) >= 11 is 4.48. The SMILES string of the molecule is OCCN(CC1(CS)CC1)C1CCCCC1. The van der Waals surface area contributed by atoms with E-state index in [1.165, 1.54) is 51.5 Å². The zero-order valence-electron chi connectivity index (χ0n) is 10.2. The molecule has 0 bridgehead atoms. The van der Waals surface area contributed by atoms with Gasteiger partial charge in [-0.15, -0.1) is 0 Å². The average Bonchev–Trinajstić information content (AvgIpc) is 3.10. The van der Waals surface area contributed by atoms with E-state index in [1.54, 1.807) is 0 Å². The quantitative estimate of drug-likeness (QED) is 0.700. The summed E-state index contributed by atoms with van der Waals surface area (Å²) in [7, 11) is 0. The molecule has 2 fully saturated rings. The molecule has 0 radical (unpaired) electrons. The summed E-state index contributed by atoms with van der Waals surface area (Å²) in [4.78, 5) is 2.54. The van der Waals surface area contributed by atoms with Gasteiger partial charge in [-0.05, 0) is 36.9 Å². The lowest BCUT2D eigenvalue weighted by Gasteiger charge is -2.36. The molecule has 1 N–H and O–H groups in total. The van der Waals surface area contributed by atoms with E-state index in [9.17, 15) is 5.11 Å². The van der Waals surface area contributed by atoms with Crippen molar-refractivity contribution in [3.05, 3.63) is 0 Å². The highest BCUT2D eigenvalue weighted by Crippen LogP contribution is 2.47. The minimum atomic E-state index is 0.305. The van der Waals surface area contributed by atoms with Gasteiger partial charge in [0, 0.05) is 19.1 Å². The molecule has 2 rings (SSSR count). The lowest BCUT2D eigenvalue weighted by atomic mass is 9.93. The fourth-order valence-corrected chi connectivity index (χ4v) is 3.36. The van der Waals surface area contributed by atoms with Gasteiger partial charge in [0.2, 0.25) is 0 Å². The Hall–Kier alpha value is 0.270. The Morgan fingerprint density at radius 1 is 1.19 bits per heavy atom. The third-order valence-electron chi connectivity index (χ3n) is 4.31. The second-order valence-corrected chi connectivity index (χ2v) is 5.96. The van der Waals surface area contributed by atoms with E-state index in [4.69, 9.17) is 0 Å². The number of aliphatic hydroxyl groups excluding tert-OH is 1. The predicted molar refractivity (Wildman–Crippen MR) is 71.1 cm³/mol. The van der Waals surface area contributed by atoms with Crippen LogP contribution < -0.4 is 0 Å². The van der Waals surface area contributed by atoms with Crippen LogP contribution >= 0.6 is 12.6 Å². The summed E-state index contributed by atoms with van der Waals surface area (Å²) in [6, 6.07) is 0.734. The summed E-state index contributed by atoms with van der Waals surface area (Å²) in [5, 5.41) is 9.20. The molecule has 3 heteroatoms. The maximum Gasteiger partial charge on any atom is 0.0558 e. The molecule has 2 aliphatic carbocycles. The second-order valence-electron chi connectivity index (χ2n) is 5.64. The number of aliphatic hydroxyl groups is 1. The average molecular weight is 243 g/mol. The van der Waals surface area contributed by atoms with Gasteiger partial charge < -0.3 is 5.11 Å². The molecule has 0 unspecified atom stereocenters. The number of rotatable bonds is 6. The first-order valence-corrected chi connectivity index (χ1v) is 7.39. The Labute approximate surface area is 105 Å². The van der Waals surface area contributed by atoms with Crippen LogP contribution in [0.4, 0.5) is 0 Å². The van der Waals surface area contributed by atoms with Crippen LogP contribution in [0.3, 0.4) is 0 Å². The van der Waals surface area contributed by atoms with Crippen molar-refractivity contribution in [3.63, 3.8) is 0 Å². The maximum atomic E-state index is 9.20. The van der Waals surface area contributed by atoms with Crippen molar-refractivity contribution in [2.24, 2.45) is 5.41 Å². The Balaban J connectivity index is 1.87. The molecule has 0 heterocycles. The zero-order chi connectivity index (χ0) is 11.4. The van der Waals surface area contributed by atoms with Crippen molar-refractivity contribution in [1.29, 1.82) is 0 Å². The summed E-state index contributed by atoms with van der Waals surface area (Å²) in [6.07, 6.45) is 9.50. The van der Waals surface area contributed by atoms with Crippen LogP contribution in [0.5, 0.6) is 0 Å². The van der Waals surface area contributed by atoms with Crippen LogP contribution in [0.2, 0.25) is 0 Å². The molecule has 2 saturated carbocycles. The molecule has 0 atom stereocenters. The smallest absolute Gasteiger partial charge is 0.0558 e. The standard InChI is InChI=1S/C13H25NOS/c15-9-8-14(10-13(11-16)6-7-13)12-4-2-1-3-5-12/h12,15-16H,1-11H2. The third-order valence-corrected chi connectivity index (χ3v) is 4.98. The van der Waals surface area contributed by atoms with Crippen LogP contribution in [0.15, 0.2) is 0 Å². The van der Waals surface area contributed by atoms with Crippen molar-refractivity contribution in [1.82, 2.24) is 4.90 Å². The first kappa shape index (κ1) is 12.7. The molecule has 0 aliphatic heterocycles. The van der Waals surface area contributed by atoms with Crippen LogP contribution in [-0.4, -0.2) is 41.5 Å². The van der Waals surface area contributed by atoms with Gasteiger partial charge in [0.15, 0.2) is 0 Å². The molecule has 16 heavy (non-hydrogen) atoms. The van der Waals surface area contributed by atoms with Crippen LogP contribution in [-0.2, 0) is 0 Å². The maximum absolute atomic E-state index is 9.20. The molecule has 0 saturated heterocycles. The van der Waals surface area contributed by atoms with Crippen molar-refractivity contribution in [2.75, 3.05) is 25.4 Å². The van der Waals surface area contributed by atoms with Crippen molar-refractivity contribution in [3.8, 4) is 0 Å². The Bertz CT molecular complexity index is 212. The van der Waals surface area contributed by atoms with Gasteiger partial charge in [0.05, 0.1) is 6.61 Å². The van der Waals surface area contributed by atoms with Crippen molar-refractivity contribution >= 4 is 12.6 Å². The third kappa shape index (κ3) is 3.14. The largest absolute Gasteiger partial charge is 0.395 e. The van der Waals surface area contributed by atoms with E-state index in [0.29, 0.717) is 12.0 Å². The number of thiol groups is 1. The van der Waals surface area contributed by atoms with Crippen molar-refractivity contribution in [2.45, 2.75) is 51.0 Å². The van der Waals surface area contributed by atoms with Crippen molar-refractivity contribution < 1.29 is 5.11 Å². The number of nitrogens with zero attached hydrogens (tertiary/aromatic N) is 1. The fraction of sp³-hybridized carbons (Fsp3) is 1.00. The van der Waals surface area contributed by atoms with Crippen LogP contribution in [0.25, 0.3) is 0 Å². The lowest BCUT2D eigenvalue weighted by Crippen LogP contribution is -2.42. The first-order chi connectivity index (χ1) is 7.79. The Morgan fingerprint density at radius 3 is 2.38 bits per heavy atom. The monoisotopic (exact) mass is 243 g/mol. The van der Waals surface area contributed by atoms with E-state index in [-0.39, 0.29) is 0 Å². The van der Waals surface area contributed by atoms with Gasteiger partial charge in [-0.1, -0.05) is 19.3 Å². The second kappa shape index (κ2) is 5.74. The van der Waals surface area contributed by atoms with E-state index in [2.05, 4.69) is 17.5 Å². The van der Waals surface area contributed by atoms with E-state index in [1.807, 2.05) is 0 Å². The topological polar surface area (TPSA) is 23.5 Å². The molecule has 0 spiro atoms. The molecular formula is C13H25NOS. The van der Waals surface area contributed by atoms with Crippen LogP contribution in [0, 0.1) is 5.41 Å². The molecule has 0 aromatic heterocycles. The molecule has 0 aromatic rings. The Morgan fingerprint density at radius 2 is 1.88 bits per heavy atom. The summed E-state index contributed by atoms with van der Waals surface area (Å²) in [5.41, 5.74) is 0.496. The van der Waals surface area contributed by atoms with Gasteiger partial charge in [-0.2, -0.15) is 12.6 Å². The summed E-state index contributed by atoms with van der Waals surface area (Å²) in [6.45, 7) is 2.33. The molecule has 2 nitrogen and oxygen atoms in total. The number of hydrogen-bond acceptors (Lipinski definition) is 3. The van der Waals surface area contributed by atoms with Gasteiger partial charge >= 0.3 is 0 Å². The highest BCUT2D eigenvalue weighted by molar-refractivity contribution is 7.80. The predicted octanol–water partition coefficient (Wildman–Crippen LogP) is 2.32. The van der Waals surface area contributed by atoms with Gasteiger partial charge in [-0.25, -0.2) is 0 Å². The lowest BCUT2D eigenvalue weighted by molar-refractivity contribution is 0.105. The minimum absolute atomic E-state index is 0.305. The Kier molecular flexibility index (Phi) is 4.57. The molecule has 2 aliphatic rings. The number of hydrogen-bond donors (Lipinski definition) is 2. The first-order valence-electron chi connectivity index (χ1n) is 6.75. The van der Waals surface area contributed by atoms with Gasteiger partial charge in [0.1, 0.15) is 0 Å². The highest BCUT2D eigenvalue weighted by atomic mass is 32.1.